The zero-order valence-electron chi connectivity index (χ0n) is 15.6. The maximum atomic E-state index is 13.9. The lowest BCUT2D eigenvalue weighted by Crippen LogP contribution is -2.38. The van der Waals surface area contributed by atoms with Crippen LogP contribution in [0.3, 0.4) is 0 Å². The summed E-state index contributed by atoms with van der Waals surface area (Å²) in [5.74, 6) is 0.397. The Labute approximate surface area is 152 Å². The lowest BCUT2D eigenvalue weighted by Gasteiger charge is -2.18. The van der Waals surface area contributed by atoms with Crippen LogP contribution >= 0.6 is 0 Å². The van der Waals surface area contributed by atoms with Gasteiger partial charge in [0, 0.05) is 30.7 Å². The van der Waals surface area contributed by atoms with E-state index in [2.05, 4.69) is 34.6 Å². The van der Waals surface area contributed by atoms with Crippen LogP contribution in [0.2, 0.25) is 0 Å². The van der Waals surface area contributed by atoms with Crippen molar-refractivity contribution in [2.45, 2.75) is 52.1 Å². The average molecular weight is 364 g/mol. The number of nitrogens with zero attached hydrogens (tertiary/aromatic N) is 2. The minimum absolute atomic E-state index is 0.366. The fourth-order valence-electron chi connectivity index (χ4n) is 2.81. The van der Waals surface area contributed by atoms with Gasteiger partial charge in [-0.1, -0.05) is 25.1 Å². The Morgan fingerprint density at radius 1 is 1.23 bits per heavy atom. The molecule has 1 unspecified atom stereocenters. The molecule has 0 aliphatic rings. The molecule has 5 nitrogen and oxygen atoms in total. The number of benzene rings is 1. The van der Waals surface area contributed by atoms with Crippen molar-refractivity contribution < 1.29 is 13.3 Å². The summed E-state index contributed by atoms with van der Waals surface area (Å²) in [6.45, 7) is 6.44. The number of rotatable bonds is 7. The van der Waals surface area contributed by atoms with Gasteiger partial charge in [-0.3, -0.25) is 4.99 Å². The highest BCUT2D eigenvalue weighted by Gasteiger charge is 2.15. The van der Waals surface area contributed by atoms with Crippen LogP contribution in [0, 0.1) is 11.6 Å². The van der Waals surface area contributed by atoms with Gasteiger partial charge in [-0.15, -0.1) is 0 Å². The van der Waals surface area contributed by atoms with Crippen molar-refractivity contribution in [2.75, 3.05) is 7.05 Å². The van der Waals surface area contributed by atoms with Crippen molar-refractivity contribution in [3.05, 3.63) is 52.9 Å². The van der Waals surface area contributed by atoms with E-state index in [1.54, 1.807) is 14.0 Å². The van der Waals surface area contributed by atoms with Gasteiger partial charge < -0.3 is 15.2 Å². The second kappa shape index (κ2) is 9.31. The Balaban J connectivity index is 1.95. The number of aliphatic imine (C=N–C) groups is 1. The summed E-state index contributed by atoms with van der Waals surface area (Å²) in [6, 6.07) is 5.10. The Morgan fingerprint density at radius 3 is 2.58 bits per heavy atom. The van der Waals surface area contributed by atoms with Crippen LogP contribution in [0.25, 0.3) is 0 Å². The maximum Gasteiger partial charge on any atom is 0.191 e. The first kappa shape index (κ1) is 19.9. The lowest BCUT2D eigenvalue weighted by atomic mass is 9.99. The largest absolute Gasteiger partial charge is 0.359 e. The van der Waals surface area contributed by atoms with E-state index in [0.717, 1.165) is 24.6 Å². The molecule has 0 fully saturated rings. The van der Waals surface area contributed by atoms with Gasteiger partial charge in [0.25, 0.3) is 0 Å². The van der Waals surface area contributed by atoms with Gasteiger partial charge in [0.2, 0.25) is 0 Å². The molecule has 7 heteroatoms. The van der Waals surface area contributed by atoms with E-state index in [1.807, 2.05) is 6.07 Å². The third-order valence-corrected chi connectivity index (χ3v) is 4.42. The molecule has 0 aliphatic heterocycles. The molecule has 1 aromatic carbocycles. The van der Waals surface area contributed by atoms with Gasteiger partial charge in [0.05, 0.1) is 18.3 Å². The number of guanidine groups is 1. The van der Waals surface area contributed by atoms with Crippen molar-refractivity contribution in [3.63, 3.8) is 0 Å². The van der Waals surface area contributed by atoms with Gasteiger partial charge >= 0.3 is 0 Å². The predicted molar refractivity (Wildman–Crippen MR) is 97.9 cm³/mol. The molecule has 2 rings (SSSR count). The molecule has 142 valence electrons. The zero-order chi connectivity index (χ0) is 19.1. The fraction of sp³-hybridized carbons (Fsp3) is 0.474. The first-order chi connectivity index (χ1) is 12.5. The van der Waals surface area contributed by atoms with E-state index in [4.69, 9.17) is 4.52 Å². The Kier molecular flexibility index (Phi) is 7.12. The highest BCUT2D eigenvalue weighted by molar-refractivity contribution is 5.80. The number of hydrogen-bond donors (Lipinski definition) is 2. The molecule has 1 heterocycles. The van der Waals surface area contributed by atoms with Crippen LogP contribution in [-0.4, -0.2) is 18.2 Å². The standard InChI is InChI=1S/C19H26F2N4O/c1-5-13(6-2)18-10-15(26-25-18)11-23-19(22-4)24-12(3)16-8-7-14(20)9-17(16)21/h7-10,12-13H,5-6,11H2,1-4H3,(H2,22,23,24). The molecule has 0 radical (unpaired) electrons. The van der Waals surface area contributed by atoms with Crippen molar-refractivity contribution in [1.29, 1.82) is 0 Å². The SMILES string of the molecule is CCC(CC)c1cc(CNC(=NC)NC(C)c2ccc(F)cc2F)on1. The molecule has 2 aromatic rings. The van der Waals surface area contributed by atoms with E-state index in [-0.39, 0.29) is 6.04 Å². The molecule has 26 heavy (non-hydrogen) atoms. The molecular formula is C19H26F2N4O. The van der Waals surface area contributed by atoms with Crippen LogP contribution in [0.15, 0.2) is 33.8 Å². The summed E-state index contributed by atoms with van der Waals surface area (Å²) < 4.78 is 32.3. The molecule has 0 saturated heterocycles. The third-order valence-electron chi connectivity index (χ3n) is 4.42. The Morgan fingerprint density at radius 2 is 1.96 bits per heavy atom. The number of hydrogen-bond acceptors (Lipinski definition) is 3. The van der Waals surface area contributed by atoms with Crippen LogP contribution in [-0.2, 0) is 6.54 Å². The summed E-state index contributed by atoms with van der Waals surface area (Å²) in [5.41, 5.74) is 1.32. The normalized spacial score (nSPS) is 13.1. The van der Waals surface area contributed by atoms with E-state index in [1.165, 1.54) is 12.1 Å². The third kappa shape index (κ3) is 5.03. The average Bonchev–Trinajstić information content (AvgIpc) is 3.08. The summed E-state index contributed by atoms with van der Waals surface area (Å²) >= 11 is 0. The number of halogens is 2. The molecule has 0 saturated carbocycles. The van der Waals surface area contributed by atoms with Crippen molar-refractivity contribution in [1.82, 2.24) is 15.8 Å². The van der Waals surface area contributed by atoms with Crippen molar-refractivity contribution in [2.24, 2.45) is 4.99 Å². The molecule has 1 atom stereocenters. The topological polar surface area (TPSA) is 62.5 Å². The smallest absolute Gasteiger partial charge is 0.191 e. The van der Waals surface area contributed by atoms with Crippen LogP contribution < -0.4 is 10.6 Å². The highest BCUT2D eigenvalue weighted by atomic mass is 19.1. The van der Waals surface area contributed by atoms with Gasteiger partial charge in [-0.25, -0.2) is 8.78 Å². The van der Waals surface area contributed by atoms with Gasteiger partial charge in [-0.2, -0.15) is 0 Å². The molecule has 0 amide bonds. The molecule has 2 N–H and O–H groups in total. The molecular weight excluding hydrogens is 338 g/mol. The second-order valence-electron chi connectivity index (χ2n) is 6.19. The highest BCUT2D eigenvalue weighted by Crippen LogP contribution is 2.22. The molecule has 0 bridgehead atoms. The van der Waals surface area contributed by atoms with Crippen LogP contribution in [0.5, 0.6) is 0 Å². The quantitative estimate of drug-likeness (QED) is 0.568. The molecule has 0 aliphatic carbocycles. The number of aromatic nitrogens is 1. The summed E-state index contributed by atoms with van der Waals surface area (Å²) in [6.07, 6.45) is 2.03. The van der Waals surface area contributed by atoms with Gasteiger partial charge in [0.1, 0.15) is 11.6 Å². The Hall–Kier alpha value is -2.44. The fourth-order valence-corrected chi connectivity index (χ4v) is 2.81. The molecule has 0 spiro atoms. The van der Waals surface area contributed by atoms with E-state index in [0.29, 0.717) is 29.7 Å². The Bertz CT molecular complexity index is 741. The summed E-state index contributed by atoms with van der Waals surface area (Å²) in [5, 5.41) is 10.3. The molecule has 1 aromatic heterocycles. The number of nitrogens with one attached hydrogen (secondary N) is 2. The van der Waals surface area contributed by atoms with Gasteiger partial charge in [-0.05, 0) is 25.8 Å². The lowest BCUT2D eigenvalue weighted by molar-refractivity contribution is 0.368. The van der Waals surface area contributed by atoms with Crippen LogP contribution in [0.4, 0.5) is 8.78 Å². The predicted octanol–water partition coefficient (Wildman–Crippen LogP) is 4.28. The van der Waals surface area contributed by atoms with E-state index < -0.39 is 11.6 Å². The van der Waals surface area contributed by atoms with Gasteiger partial charge in [0.15, 0.2) is 11.7 Å². The second-order valence-corrected chi connectivity index (χ2v) is 6.19. The minimum atomic E-state index is -0.598. The maximum absolute atomic E-state index is 13.9. The summed E-state index contributed by atoms with van der Waals surface area (Å²) in [7, 11) is 1.62. The van der Waals surface area contributed by atoms with Crippen LogP contribution in [0.1, 0.15) is 62.6 Å². The monoisotopic (exact) mass is 364 g/mol. The van der Waals surface area contributed by atoms with E-state index >= 15 is 0 Å². The zero-order valence-corrected chi connectivity index (χ0v) is 15.6. The van der Waals surface area contributed by atoms with Crippen molar-refractivity contribution in [3.8, 4) is 0 Å². The van der Waals surface area contributed by atoms with Crippen molar-refractivity contribution >= 4 is 5.96 Å². The van der Waals surface area contributed by atoms with E-state index in [9.17, 15) is 8.78 Å². The first-order valence-electron chi connectivity index (χ1n) is 8.86. The first-order valence-corrected chi connectivity index (χ1v) is 8.86. The summed E-state index contributed by atoms with van der Waals surface area (Å²) in [4.78, 5) is 4.13. The minimum Gasteiger partial charge on any atom is -0.359 e.